The lowest BCUT2D eigenvalue weighted by Gasteiger charge is -2.23. The molecular weight excluding hydrogens is 200 g/mol. The molecule has 0 radical (unpaired) electrons. The summed E-state index contributed by atoms with van der Waals surface area (Å²) in [5.74, 6) is 0. The van der Waals surface area contributed by atoms with E-state index >= 15 is 0 Å². The zero-order valence-corrected chi connectivity index (χ0v) is 10.9. The smallest absolute Gasteiger partial charge is 0.0600 e. The van der Waals surface area contributed by atoms with Crippen molar-refractivity contribution in [2.75, 3.05) is 26.2 Å². The van der Waals surface area contributed by atoms with Crippen LogP contribution in [-0.4, -0.2) is 38.4 Å². The van der Waals surface area contributed by atoms with E-state index in [1.165, 1.54) is 32.1 Å². The summed E-state index contributed by atoms with van der Waals surface area (Å²) in [6, 6.07) is 0.636. The summed E-state index contributed by atoms with van der Waals surface area (Å²) in [6.07, 6.45) is 6.73. The van der Waals surface area contributed by atoms with Gasteiger partial charge in [0, 0.05) is 12.6 Å². The molecule has 1 unspecified atom stereocenters. The van der Waals surface area contributed by atoms with Gasteiger partial charge in [-0.15, -0.1) is 0 Å². The van der Waals surface area contributed by atoms with Crippen LogP contribution in [0.2, 0.25) is 0 Å². The Labute approximate surface area is 100 Å². The molecule has 1 aliphatic heterocycles. The predicted octanol–water partition coefficient (Wildman–Crippen LogP) is 1.92. The quantitative estimate of drug-likeness (QED) is 0.623. The van der Waals surface area contributed by atoms with Crippen molar-refractivity contribution >= 4 is 0 Å². The average Bonchev–Trinajstić information content (AvgIpc) is 2.33. The van der Waals surface area contributed by atoms with Crippen LogP contribution in [0.5, 0.6) is 0 Å². The molecule has 0 bridgehead atoms. The maximum atomic E-state index is 5.84. The van der Waals surface area contributed by atoms with Crippen LogP contribution in [0.3, 0.4) is 0 Å². The van der Waals surface area contributed by atoms with Gasteiger partial charge < -0.3 is 15.4 Å². The SMILES string of the molecule is CCCCC(C)NCCOC1CCNCC1. The monoisotopic (exact) mass is 228 g/mol. The van der Waals surface area contributed by atoms with Gasteiger partial charge in [-0.2, -0.15) is 0 Å². The number of unbranched alkanes of at least 4 members (excludes halogenated alkanes) is 1. The third-order valence-electron chi connectivity index (χ3n) is 3.23. The lowest BCUT2D eigenvalue weighted by atomic mass is 10.1. The highest BCUT2D eigenvalue weighted by Gasteiger charge is 2.12. The zero-order valence-electron chi connectivity index (χ0n) is 10.9. The van der Waals surface area contributed by atoms with Crippen molar-refractivity contribution in [3.63, 3.8) is 0 Å². The first-order valence-corrected chi connectivity index (χ1v) is 6.88. The number of nitrogens with one attached hydrogen (secondary N) is 2. The van der Waals surface area contributed by atoms with Crippen LogP contribution < -0.4 is 10.6 Å². The first-order chi connectivity index (χ1) is 7.83. The van der Waals surface area contributed by atoms with Crippen LogP contribution in [0.4, 0.5) is 0 Å². The Morgan fingerprint density at radius 2 is 2.12 bits per heavy atom. The highest BCUT2D eigenvalue weighted by atomic mass is 16.5. The molecule has 3 nitrogen and oxygen atoms in total. The molecule has 16 heavy (non-hydrogen) atoms. The number of ether oxygens (including phenoxy) is 1. The number of rotatable bonds is 8. The van der Waals surface area contributed by atoms with Crippen LogP contribution >= 0.6 is 0 Å². The van der Waals surface area contributed by atoms with E-state index in [2.05, 4.69) is 24.5 Å². The summed E-state index contributed by atoms with van der Waals surface area (Å²) >= 11 is 0. The van der Waals surface area contributed by atoms with E-state index < -0.39 is 0 Å². The van der Waals surface area contributed by atoms with Gasteiger partial charge in [0.2, 0.25) is 0 Å². The van der Waals surface area contributed by atoms with E-state index in [9.17, 15) is 0 Å². The van der Waals surface area contributed by atoms with Crippen LogP contribution in [0, 0.1) is 0 Å². The molecule has 1 aliphatic rings. The molecule has 0 aromatic heterocycles. The fourth-order valence-electron chi connectivity index (χ4n) is 2.11. The van der Waals surface area contributed by atoms with E-state index in [0.717, 1.165) is 26.2 Å². The fourth-order valence-corrected chi connectivity index (χ4v) is 2.11. The van der Waals surface area contributed by atoms with Gasteiger partial charge >= 0.3 is 0 Å². The van der Waals surface area contributed by atoms with Crippen molar-refractivity contribution in [3.8, 4) is 0 Å². The molecule has 1 rings (SSSR count). The van der Waals surface area contributed by atoms with Gasteiger partial charge in [0.05, 0.1) is 12.7 Å². The average molecular weight is 228 g/mol. The molecule has 0 amide bonds. The van der Waals surface area contributed by atoms with Gasteiger partial charge in [-0.1, -0.05) is 19.8 Å². The Bertz CT molecular complexity index is 158. The number of hydrogen-bond acceptors (Lipinski definition) is 3. The topological polar surface area (TPSA) is 33.3 Å². The van der Waals surface area contributed by atoms with Crippen molar-refractivity contribution in [1.29, 1.82) is 0 Å². The zero-order chi connectivity index (χ0) is 11.6. The second-order valence-corrected chi connectivity index (χ2v) is 4.82. The molecule has 1 atom stereocenters. The molecule has 2 N–H and O–H groups in total. The summed E-state index contributed by atoms with van der Waals surface area (Å²) < 4.78 is 5.84. The normalized spacial score (nSPS) is 19.9. The number of piperidine rings is 1. The van der Waals surface area contributed by atoms with Gasteiger partial charge in [0.1, 0.15) is 0 Å². The highest BCUT2D eigenvalue weighted by Crippen LogP contribution is 2.06. The highest BCUT2D eigenvalue weighted by molar-refractivity contribution is 4.68. The van der Waals surface area contributed by atoms with Gasteiger partial charge in [0.25, 0.3) is 0 Å². The first kappa shape index (κ1) is 13.9. The molecule has 0 aliphatic carbocycles. The van der Waals surface area contributed by atoms with E-state index in [1.54, 1.807) is 0 Å². The Hall–Kier alpha value is -0.120. The van der Waals surface area contributed by atoms with Gasteiger partial charge in [-0.25, -0.2) is 0 Å². The molecule has 1 fully saturated rings. The summed E-state index contributed by atoms with van der Waals surface area (Å²) in [5.41, 5.74) is 0. The Kier molecular flexibility index (Phi) is 7.81. The Balaban J connectivity index is 1.90. The Morgan fingerprint density at radius 3 is 2.81 bits per heavy atom. The molecular formula is C13H28N2O. The third kappa shape index (κ3) is 6.46. The van der Waals surface area contributed by atoms with Gasteiger partial charge in [0.15, 0.2) is 0 Å². The molecule has 0 saturated carbocycles. The summed E-state index contributed by atoms with van der Waals surface area (Å²) in [4.78, 5) is 0. The van der Waals surface area contributed by atoms with Crippen molar-refractivity contribution in [2.24, 2.45) is 0 Å². The van der Waals surface area contributed by atoms with Crippen LogP contribution in [0.15, 0.2) is 0 Å². The molecule has 1 saturated heterocycles. The van der Waals surface area contributed by atoms with Crippen molar-refractivity contribution < 1.29 is 4.74 Å². The lowest BCUT2D eigenvalue weighted by molar-refractivity contribution is 0.0339. The minimum absolute atomic E-state index is 0.494. The molecule has 0 aromatic rings. The van der Waals surface area contributed by atoms with Crippen molar-refractivity contribution in [1.82, 2.24) is 10.6 Å². The van der Waals surface area contributed by atoms with Crippen LogP contribution in [0.25, 0.3) is 0 Å². The first-order valence-electron chi connectivity index (χ1n) is 6.88. The lowest BCUT2D eigenvalue weighted by Crippen LogP contribution is -2.35. The van der Waals surface area contributed by atoms with Crippen molar-refractivity contribution in [3.05, 3.63) is 0 Å². The van der Waals surface area contributed by atoms with Gasteiger partial charge in [-0.05, 0) is 39.3 Å². The minimum Gasteiger partial charge on any atom is -0.377 e. The third-order valence-corrected chi connectivity index (χ3v) is 3.23. The fraction of sp³-hybridized carbons (Fsp3) is 1.00. The standard InChI is InChI=1S/C13H28N2O/c1-3-4-5-12(2)15-10-11-16-13-6-8-14-9-7-13/h12-15H,3-11H2,1-2H3. The van der Waals surface area contributed by atoms with Crippen LogP contribution in [-0.2, 0) is 4.74 Å². The predicted molar refractivity (Wildman–Crippen MR) is 68.8 cm³/mol. The second-order valence-electron chi connectivity index (χ2n) is 4.82. The maximum absolute atomic E-state index is 5.84. The molecule has 3 heteroatoms. The Morgan fingerprint density at radius 1 is 1.38 bits per heavy atom. The summed E-state index contributed by atoms with van der Waals surface area (Å²) in [7, 11) is 0. The number of hydrogen-bond donors (Lipinski definition) is 2. The minimum atomic E-state index is 0.494. The largest absolute Gasteiger partial charge is 0.377 e. The van der Waals surface area contributed by atoms with E-state index in [0.29, 0.717) is 12.1 Å². The van der Waals surface area contributed by atoms with E-state index in [1.807, 2.05) is 0 Å². The van der Waals surface area contributed by atoms with E-state index in [4.69, 9.17) is 4.74 Å². The van der Waals surface area contributed by atoms with Gasteiger partial charge in [-0.3, -0.25) is 0 Å². The van der Waals surface area contributed by atoms with Crippen LogP contribution in [0.1, 0.15) is 46.0 Å². The van der Waals surface area contributed by atoms with Crippen molar-refractivity contribution in [2.45, 2.75) is 58.1 Å². The second kappa shape index (κ2) is 8.97. The molecule has 96 valence electrons. The molecule has 1 heterocycles. The molecule has 0 aromatic carbocycles. The summed E-state index contributed by atoms with van der Waals surface area (Å²) in [5, 5.41) is 6.87. The summed E-state index contributed by atoms with van der Waals surface area (Å²) in [6.45, 7) is 8.60. The molecule has 0 spiro atoms. The van der Waals surface area contributed by atoms with E-state index in [-0.39, 0.29) is 0 Å². The maximum Gasteiger partial charge on any atom is 0.0600 e.